The van der Waals surface area contributed by atoms with E-state index < -0.39 is 54.9 Å². The molecule has 0 unspecified atom stereocenters. The number of hydrogen-bond donors (Lipinski definition) is 4. The standard InChI is InChI=1S/C30H37F2N4O9PS/c31-30(32,46(42,43)44)19-6-7-24-17(12-19)13-25(47-24)26(38)33-20-4-2-1-3-5-21-23(37)14-22(36(21)28(20)40)29(41)35-15-18(16-35)27(39)34-8-10-45-11-9-34/h6-7,12-13,18,20-23,37H,1-5,8-11,14-16H2,(H,33,38)(H2,42,43,44)/t20-,21-,22-,23+/m0/s1. The van der Waals surface area contributed by atoms with Crippen LogP contribution in [0, 0.1) is 5.92 Å². The smallest absolute Gasteiger partial charge is 0.391 e. The molecule has 4 fully saturated rings. The van der Waals surface area contributed by atoms with Gasteiger partial charge in [0.25, 0.3) is 5.91 Å². The molecule has 4 aliphatic heterocycles. The highest BCUT2D eigenvalue weighted by Crippen LogP contribution is 2.59. The molecule has 256 valence electrons. The largest absolute Gasteiger partial charge is 0.399 e. The number of ether oxygens (including phenoxy) is 1. The Balaban J connectivity index is 1.17. The van der Waals surface area contributed by atoms with E-state index in [0.29, 0.717) is 50.3 Å². The van der Waals surface area contributed by atoms with Gasteiger partial charge in [0, 0.05) is 42.9 Å². The van der Waals surface area contributed by atoms with Gasteiger partial charge in [0.15, 0.2) is 0 Å². The van der Waals surface area contributed by atoms with Crippen LogP contribution in [0.15, 0.2) is 24.3 Å². The molecule has 1 aromatic heterocycles. The van der Waals surface area contributed by atoms with Crippen LogP contribution < -0.4 is 5.32 Å². The van der Waals surface area contributed by atoms with E-state index in [2.05, 4.69) is 5.32 Å². The van der Waals surface area contributed by atoms with Crippen molar-refractivity contribution in [2.24, 2.45) is 5.92 Å². The van der Waals surface area contributed by atoms with Crippen molar-refractivity contribution >= 4 is 52.6 Å². The van der Waals surface area contributed by atoms with E-state index in [1.54, 1.807) is 4.90 Å². The molecule has 47 heavy (non-hydrogen) atoms. The van der Waals surface area contributed by atoms with Crippen molar-refractivity contribution in [2.45, 2.75) is 68.4 Å². The third kappa shape index (κ3) is 6.55. The van der Waals surface area contributed by atoms with Gasteiger partial charge in [0.1, 0.15) is 12.1 Å². The van der Waals surface area contributed by atoms with E-state index in [-0.39, 0.29) is 53.9 Å². The number of carbonyl (C=O) groups is 4. The first-order valence-electron chi connectivity index (χ1n) is 15.7. The third-order valence-corrected chi connectivity index (χ3v) is 11.7. The van der Waals surface area contributed by atoms with Crippen LogP contribution in [0.1, 0.15) is 53.8 Å². The van der Waals surface area contributed by atoms with E-state index >= 15 is 0 Å². The zero-order valence-corrected chi connectivity index (χ0v) is 27.1. The predicted octanol–water partition coefficient (Wildman–Crippen LogP) is 1.84. The highest BCUT2D eigenvalue weighted by atomic mass is 32.1. The molecule has 0 spiro atoms. The first-order valence-corrected chi connectivity index (χ1v) is 18.1. The summed E-state index contributed by atoms with van der Waals surface area (Å²) >= 11 is 0.973. The van der Waals surface area contributed by atoms with Crippen molar-refractivity contribution < 1.29 is 52.2 Å². The van der Waals surface area contributed by atoms with Crippen LogP contribution in [0.4, 0.5) is 8.78 Å². The van der Waals surface area contributed by atoms with E-state index in [4.69, 9.17) is 14.5 Å². The molecule has 17 heteroatoms. The Morgan fingerprint density at radius 3 is 2.40 bits per heavy atom. The molecule has 4 amide bonds. The Bertz CT molecular complexity index is 1610. The average molecular weight is 699 g/mol. The van der Waals surface area contributed by atoms with Crippen LogP contribution in [0.3, 0.4) is 0 Å². The number of fused-ring (bicyclic) bond motifs is 2. The summed E-state index contributed by atoms with van der Waals surface area (Å²) in [6.07, 6.45) is 1.96. The number of nitrogens with one attached hydrogen (secondary N) is 1. The number of morpholine rings is 1. The summed E-state index contributed by atoms with van der Waals surface area (Å²) in [5.74, 6) is -1.85. The first kappa shape index (κ1) is 33.9. The fraction of sp³-hybridized carbons (Fsp3) is 0.600. The molecule has 4 aliphatic rings. The molecule has 0 aliphatic carbocycles. The van der Waals surface area contributed by atoms with Crippen molar-refractivity contribution in [3.63, 3.8) is 0 Å². The van der Waals surface area contributed by atoms with E-state index in [1.807, 2.05) is 0 Å². The number of halogens is 2. The SMILES string of the molecule is O=C(N[C@H]1CCCCC[C@H]2[C@H](O)C[C@@H](C(=O)N3CC(C(=O)N4CCOCC4)C3)N2C1=O)c1cc2cc(C(F)(F)P(=O)(O)O)ccc2s1. The van der Waals surface area contributed by atoms with Gasteiger partial charge in [-0.1, -0.05) is 25.3 Å². The number of aliphatic hydroxyl groups is 1. The quantitative estimate of drug-likeness (QED) is 0.328. The van der Waals surface area contributed by atoms with Crippen molar-refractivity contribution in [3.8, 4) is 0 Å². The lowest BCUT2D eigenvalue weighted by atomic mass is 9.96. The summed E-state index contributed by atoms with van der Waals surface area (Å²) in [6.45, 7) is 2.40. The normalized spacial score (nSPS) is 26.3. The van der Waals surface area contributed by atoms with Crippen LogP contribution in [-0.4, -0.2) is 117 Å². The Kier molecular flexibility index (Phi) is 9.46. The monoisotopic (exact) mass is 698 g/mol. The predicted molar refractivity (Wildman–Crippen MR) is 165 cm³/mol. The maximum atomic E-state index is 14.3. The third-order valence-electron chi connectivity index (χ3n) is 9.56. The molecular formula is C30H37F2N4O9PS. The molecule has 4 saturated heterocycles. The molecule has 0 bridgehead atoms. The number of likely N-dealkylation sites (tertiary alicyclic amines) is 1. The number of nitrogens with zero attached hydrogens (tertiary/aromatic N) is 3. The van der Waals surface area contributed by atoms with Crippen LogP contribution in [0.5, 0.6) is 0 Å². The van der Waals surface area contributed by atoms with Crippen LogP contribution in [0.2, 0.25) is 0 Å². The molecule has 0 radical (unpaired) electrons. The number of carbonyl (C=O) groups excluding carboxylic acids is 4. The molecule has 4 N–H and O–H groups in total. The fourth-order valence-corrected chi connectivity index (χ4v) is 8.33. The van der Waals surface area contributed by atoms with Gasteiger partial charge in [0.05, 0.1) is 36.2 Å². The average Bonchev–Trinajstić information content (AvgIpc) is 3.60. The lowest BCUT2D eigenvalue weighted by Crippen LogP contribution is -2.62. The van der Waals surface area contributed by atoms with Crippen LogP contribution >= 0.6 is 18.9 Å². The maximum absolute atomic E-state index is 14.3. The second-order valence-corrected chi connectivity index (χ2v) is 15.4. The Hall–Kier alpha value is -3.01. The van der Waals surface area contributed by atoms with E-state index in [9.17, 15) is 37.6 Å². The van der Waals surface area contributed by atoms with Crippen molar-refractivity contribution in [3.05, 3.63) is 34.7 Å². The topological polar surface area (TPSA) is 177 Å². The molecular weight excluding hydrogens is 661 g/mol. The van der Waals surface area contributed by atoms with E-state index in [1.165, 1.54) is 21.9 Å². The highest BCUT2D eigenvalue weighted by molar-refractivity contribution is 7.52. The molecule has 2 aromatic rings. The van der Waals surface area contributed by atoms with Gasteiger partial charge >= 0.3 is 13.3 Å². The number of amides is 4. The van der Waals surface area contributed by atoms with Gasteiger partial charge in [-0.05, 0) is 36.4 Å². The number of rotatable bonds is 6. The Morgan fingerprint density at radius 1 is 1.00 bits per heavy atom. The number of thiophene rings is 1. The molecule has 0 saturated carbocycles. The Morgan fingerprint density at radius 2 is 1.70 bits per heavy atom. The minimum absolute atomic E-state index is 0.0313. The van der Waals surface area contributed by atoms with E-state index in [0.717, 1.165) is 29.9 Å². The number of aliphatic hydroxyl groups excluding tert-OH is 1. The van der Waals surface area contributed by atoms with Gasteiger partial charge in [0.2, 0.25) is 17.7 Å². The number of alkyl halides is 2. The van der Waals surface area contributed by atoms with Gasteiger partial charge in [-0.2, -0.15) is 8.78 Å². The fourth-order valence-electron chi connectivity index (χ4n) is 6.91. The molecule has 4 atom stereocenters. The van der Waals surface area contributed by atoms with Gasteiger partial charge in [-0.25, -0.2) is 0 Å². The number of hydrogen-bond acceptors (Lipinski definition) is 8. The van der Waals surface area contributed by atoms with Crippen LogP contribution in [0.25, 0.3) is 10.1 Å². The van der Waals surface area contributed by atoms with Crippen molar-refractivity contribution in [1.29, 1.82) is 0 Å². The highest BCUT2D eigenvalue weighted by Gasteiger charge is 2.52. The van der Waals surface area contributed by atoms with Gasteiger partial charge in [-0.3, -0.25) is 23.7 Å². The number of benzene rings is 1. The Labute approximate surface area is 273 Å². The van der Waals surface area contributed by atoms with Crippen molar-refractivity contribution in [1.82, 2.24) is 20.0 Å². The lowest BCUT2D eigenvalue weighted by molar-refractivity contribution is -0.156. The summed E-state index contributed by atoms with van der Waals surface area (Å²) < 4.78 is 45.7. The minimum Gasteiger partial charge on any atom is -0.391 e. The summed E-state index contributed by atoms with van der Waals surface area (Å²) in [7, 11) is -5.78. The lowest BCUT2D eigenvalue weighted by Gasteiger charge is -2.43. The maximum Gasteiger partial charge on any atom is 0.399 e. The van der Waals surface area contributed by atoms with Crippen molar-refractivity contribution in [2.75, 3.05) is 39.4 Å². The second kappa shape index (κ2) is 13.1. The minimum atomic E-state index is -5.78. The summed E-state index contributed by atoms with van der Waals surface area (Å²) in [4.78, 5) is 77.1. The summed E-state index contributed by atoms with van der Waals surface area (Å²) in [6, 6.07) is 1.82. The molecule has 13 nitrogen and oxygen atoms in total. The zero-order valence-electron chi connectivity index (χ0n) is 25.4. The zero-order chi connectivity index (χ0) is 33.7. The molecule has 1 aromatic carbocycles. The van der Waals surface area contributed by atoms with Crippen LogP contribution in [-0.2, 0) is 29.3 Å². The summed E-state index contributed by atoms with van der Waals surface area (Å²) in [5, 5.41) is 13.9. The second-order valence-electron chi connectivity index (χ2n) is 12.6. The summed E-state index contributed by atoms with van der Waals surface area (Å²) in [5.41, 5.74) is -5.29. The molecule has 5 heterocycles. The molecule has 6 rings (SSSR count). The first-order chi connectivity index (χ1) is 22.3. The van der Waals surface area contributed by atoms with Gasteiger partial charge in [-0.15, -0.1) is 11.3 Å². The van der Waals surface area contributed by atoms with Gasteiger partial charge < -0.3 is 39.6 Å².